The Labute approximate surface area is 156 Å². The molecule has 0 spiro atoms. The zero-order valence-corrected chi connectivity index (χ0v) is 15.1. The summed E-state index contributed by atoms with van der Waals surface area (Å²) in [5.41, 5.74) is 2.53. The highest BCUT2D eigenvalue weighted by Crippen LogP contribution is 2.20. The molecule has 0 saturated carbocycles. The highest BCUT2D eigenvalue weighted by atomic mass is 16.2. The Hall–Kier alpha value is -3.48. The Bertz CT molecular complexity index is 910. The summed E-state index contributed by atoms with van der Waals surface area (Å²) in [6.07, 6.45) is 0. The van der Waals surface area contributed by atoms with Crippen molar-refractivity contribution in [2.24, 2.45) is 0 Å². The Kier molecular flexibility index (Phi) is 5.03. The van der Waals surface area contributed by atoms with E-state index in [1.165, 1.54) is 11.9 Å². The zero-order valence-electron chi connectivity index (χ0n) is 15.1. The van der Waals surface area contributed by atoms with Gasteiger partial charge < -0.3 is 4.90 Å². The minimum atomic E-state index is -0.986. The van der Waals surface area contributed by atoms with Gasteiger partial charge in [-0.2, -0.15) is 0 Å². The van der Waals surface area contributed by atoms with Crippen LogP contribution in [0.2, 0.25) is 0 Å². The van der Waals surface area contributed by atoms with Gasteiger partial charge in [-0.25, -0.2) is 9.69 Å². The van der Waals surface area contributed by atoms with E-state index in [0.717, 1.165) is 11.1 Å². The number of likely N-dealkylation sites (N-methyl/N-ethyl adjacent to an activating group) is 1. The average Bonchev–Trinajstić information content (AvgIpc) is 2.84. The molecule has 2 aromatic carbocycles. The zero-order chi connectivity index (χ0) is 19.6. The molecule has 0 N–H and O–H groups in total. The SMILES string of the molecule is Cc1cccc(N(Cc2ccccc2)C(=O)CN2C(=O)C(=O)N(C)C2=O)c1. The molecular weight excluding hydrogens is 346 g/mol. The van der Waals surface area contributed by atoms with Crippen molar-refractivity contribution < 1.29 is 19.2 Å². The standard InChI is InChI=1S/C20H19N3O4/c1-14-7-6-10-16(11-14)22(12-15-8-4-3-5-9-15)17(24)13-23-19(26)18(25)21(2)20(23)27/h3-11H,12-13H2,1-2H3. The van der Waals surface area contributed by atoms with Gasteiger partial charge in [-0.05, 0) is 30.2 Å². The first-order chi connectivity index (χ1) is 12.9. The topological polar surface area (TPSA) is 78.0 Å². The summed E-state index contributed by atoms with van der Waals surface area (Å²) in [6.45, 7) is 1.70. The smallest absolute Gasteiger partial charge is 0.306 e. The van der Waals surface area contributed by atoms with E-state index in [2.05, 4.69) is 0 Å². The number of aryl methyl sites for hydroxylation is 1. The first kappa shape index (κ1) is 18.3. The van der Waals surface area contributed by atoms with Crippen molar-refractivity contribution in [3.05, 3.63) is 65.7 Å². The van der Waals surface area contributed by atoms with Gasteiger partial charge >= 0.3 is 17.8 Å². The summed E-state index contributed by atoms with van der Waals surface area (Å²) in [4.78, 5) is 51.6. The quantitative estimate of drug-likeness (QED) is 0.599. The third-order valence-corrected chi connectivity index (χ3v) is 4.34. The van der Waals surface area contributed by atoms with Crippen molar-refractivity contribution in [3.63, 3.8) is 0 Å². The lowest BCUT2D eigenvalue weighted by molar-refractivity contribution is -0.143. The molecule has 0 bridgehead atoms. The third kappa shape index (κ3) is 3.72. The van der Waals surface area contributed by atoms with Gasteiger partial charge in [0.1, 0.15) is 6.54 Å². The van der Waals surface area contributed by atoms with Gasteiger partial charge in [0.15, 0.2) is 0 Å². The summed E-state index contributed by atoms with van der Waals surface area (Å²) in [7, 11) is 1.22. The van der Waals surface area contributed by atoms with Crippen LogP contribution in [0.3, 0.4) is 0 Å². The summed E-state index contributed by atoms with van der Waals surface area (Å²) in [5, 5.41) is 0. The maximum Gasteiger partial charge on any atom is 0.334 e. The molecule has 2 aromatic rings. The Morgan fingerprint density at radius 2 is 1.67 bits per heavy atom. The first-order valence-electron chi connectivity index (χ1n) is 8.43. The predicted octanol–water partition coefficient (Wildman–Crippen LogP) is 1.95. The molecule has 0 unspecified atom stereocenters. The van der Waals surface area contributed by atoms with Gasteiger partial charge in [0, 0.05) is 12.7 Å². The number of imide groups is 2. The van der Waals surface area contributed by atoms with E-state index in [1.54, 1.807) is 6.07 Å². The van der Waals surface area contributed by atoms with E-state index in [0.29, 0.717) is 15.5 Å². The monoisotopic (exact) mass is 365 g/mol. The minimum Gasteiger partial charge on any atom is -0.306 e. The van der Waals surface area contributed by atoms with Crippen molar-refractivity contribution in [1.82, 2.24) is 9.80 Å². The van der Waals surface area contributed by atoms with Crippen LogP contribution >= 0.6 is 0 Å². The molecule has 0 atom stereocenters. The second-order valence-corrected chi connectivity index (χ2v) is 6.34. The van der Waals surface area contributed by atoms with Crippen LogP contribution in [-0.4, -0.2) is 47.1 Å². The van der Waals surface area contributed by atoms with E-state index in [9.17, 15) is 19.2 Å². The second kappa shape index (κ2) is 7.41. The molecule has 0 aliphatic carbocycles. The highest BCUT2D eigenvalue weighted by molar-refractivity contribution is 6.45. The fraction of sp³-hybridized carbons (Fsp3) is 0.200. The summed E-state index contributed by atoms with van der Waals surface area (Å²) >= 11 is 0. The minimum absolute atomic E-state index is 0.281. The molecule has 1 aliphatic heterocycles. The molecule has 1 saturated heterocycles. The van der Waals surface area contributed by atoms with Crippen molar-refractivity contribution in [3.8, 4) is 0 Å². The van der Waals surface area contributed by atoms with Crippen LogP contribution in [-0.2, 0) is 20.9 Å². The summed E-state index contributed by atoms with van der Waals surface area (Å²) in [6, 6.07) is 16.0. The van der Waals surface area contributed by atoms with Crippen LogP contribution < -0.4 is 4.90 Å². The van der Waals surface area contributed by atoms with Crippen molar-refractivity contribution >= 4 is 29.4 Å². The lowest BCUT2D eigenvalue weighted by atomic mass is 10.1. The first-order valence-corrected chi connectivity index (χ1v) is 8.43. The molecule has 5 amide bonds. The fourth-order valence-corrected chi connectivity index (χ4v) is 2.86. The normalized spacial score (nSPS) is 14.1. The highest BCUT2D eigenvalue weighted by Gasteiger charge is 2.43. The molecule has 7 nitrogen and oxygen atoms in total. The molecule has 3 rings (SSSR count). The fourth-order valence-electron chi connectivity index (χ4n) is 2.86. The Morgan fingerprint density at radius 1 is 0.963 bits per heavy atom. The lowest BCUT2D eigenvalue weighted by Crippen LogP contribution is -2.43. The largest absolute Gasteiger partial charge is 0.334 e. The number of hydrogen-bond acceptors (Lipinski definition) is 4. The van der Waals surface area contributed by atoms with Crippen LogP contribution in [0.25, 0.3) is 0 Å². The maximum absolute atomic E-state index is 13.0. The van der Waals surface area contributed by atoms with Crippen molar-refractivity contribution in [2.45, 2.75) is 13.5 Å². The van der Waals surface area contributed by atoms with Gasteiger partial charge in [0.2, 0.25) is 5.91 Å². The van der Waals surface area contributed by atoms with Crippen LogP contribution in [0.1, 0.15) is 11.1 Å². The molecule has 7 heteroatoms. The summed E-state index contributed by atoms with van der Waals surface area (Å²) in [5.74, 6) is -2.37. The van der Waals surface area contributed by atoms with Crippen LogP contribution in [0.15, 0.2) is 54.6 Å². The van der Waals surface area contributed by atoms with Gasteiger partial charge in [0.05, 0.1) is 6.54 Å². The molecule has 0 aromatic heterocycles. The number of carbonyl (C=O) groups excluding carboxylic acids is 4. The maximum atomic E-state index is 13.0. The predicted molar refractivity (Wildman–Crippen MR) is 98.7 cm³/mol. The number of urea groups is 1. The van der Waals surface area contributed by atoms with E-state index in [-0.39, 0.29) is 6.54 Å². The number of carbonyl (C=O) groups is 4. The molecule has 0 radical (unpaired) electrons. The Morgan fingerprint density at radius 3 is 2.26 bits per heavy atom. The van der Waals surface area contributed by atoms with Crippen molar-refractivity contribution in [2.75, 3.05) is 18.5 Å². The molecule has 1 aliphatic rings. The van der Waals surface area contributed by atoms with Crippen LogP contribution in [0.5, 0.6) is 0 Å². The van der Waals surface area contributed by atoms with E-state index >= 15 is 0 Å². The van der Waals surface area contributed by atoms with Crippen molar-refractivity contribution in [1.29, 1.82) is 0 Å². The van der Waals surface area contributed by atoms with Gasteiger partial charge in [-0.15, -0.1) is 0 Å². The third-order valence-electron chi connectivity index (χ3n) is 4.34. The lowest BCUT2D eigenvalue weighted by Gasteiger charge is -2.25. The number of nitrogens with zero attached hydrogens (tertiary/aromatic N) is 3. The van der Waals surface area contributed by atoms with E-state index < -0.39 is 30.3 Å². The number of hydrogen-bond donors (Lipinski definition) is 0. The molecular formula is C20H19N3O4. The number of rotatable bonds is 5. The van der Waals surface area contributed by atoms with Gasteiger partial charge in [-0.3, -0.25) is 19.3 Å². The van der Waals surface area contributed by atoms with E-state index in [4.69, 9.17) is 0 Å². The van der Waals surface area contributed by atoms with E-state index in [1.807, 2.05) is 55.5 Å². The molecule has 1 heterocycles. The van der Waals surface area contributed by atoms with Crippen LogP contribution in [0.4, 0.5) is 10.5 Å². The molecule has 138 valence electrons. The Balaban J connectivity index is 1.88. The second-order valence-electron chi connectivity index (χ2n) is 6.34. The number of benzene rings is 2. The van der Waals surface area contributed by atoms with Gasteiger partial charge in [0.25, 0.3) is 0 Å². The van der Waals surface area contributed by atoms with Gasteiger partial charge in [-0.1, -0.05) is 42.5 Å². The molecule has 27 heavy (non-hydrogen) atoms. The number of anilines is 1. The number of amides is 5. The molecule has 1 fully saturated rings. The van der Waals surface area contributed by atoms with Crippen LogP contribution in [0, 0.1) is 6.92 Å². The average molecular weight is 365 g/mol. The summed E-state index contributed by atoms with van der Waals surface area (Å²) < 4.78 is 0.